The number of aliphatic hydroxyl groups is 1. The molecule has 232 valence electrons. The third-order valence-electron chi connectivity index (χ3n) is 9.36. The fourth-order valence-corrected chi connectivity index (χ4v) is 7.25. The van der Waals surface area contributed by atoms with Crippen LogP contribution in [0, 0.1) is 11.6 Å². The Labute approximate surface area is 252 Å². The van der Waals surface area contributed by atoms with Crippen LogP contribution in [0.2, 0.25) is 0 Å². The Morgan fingerprint density at radius 1 is 1.18 bits per heavy atom. The minimum atomic E-state index is -1.03. The summed E-state index contributed by atoms with van der Waals surface area (Å²) in [6.45, 7) is 5.46. The molecule has 0 saturated carbocycles. The summed E-state index contributed by atoms with van der Waals surface area (Å²) in [4.78, 5) is 15.7. The molecule has 2 aromatic carbocycles. The summed E-state index contributed by atoms with van der Waals surface area (Å²) in [5, 5.41) is 24.3. The Morgan fingerprint density at radius 2 is 2.02 bits per heavy atom. The molecule has 0 bridgehead atoms. The highest BCUT2D eigenvalue weighted by atomic mass is 19.1. The number of hydrogen-bond acceptors (Lipinski definition) is 9. The number of phenols is 1. The molecule has 9 nitrogen and oxygen atoms in total. The van der Waals surface area contributed by atoms with Crippen LogP contribution in [0.4, 0.5) is 19.0 Å². The van der Waals surface area contributed by atoms with Crippen LogP contribution in [-0.4, -0.2) is 80.2 Å². The minimum Gasteiger partial charge on any atom is -0.508 e. The fourth-order valence-electron chi connectivity index (χ4n) is 7.25. The molecule has 3 aliphatic rings. The van der Waals surface area contributed by atoms with Gasteiger partial charge in [-0.1, -0.05) is 13.0 Å². The van der Waals surface area contributed by atoms with Gasteiger partial charge in [0.05, 0.1) is 23.1 Å². The summed E-state index contributed by atoms with van der Waals surface area (Å²) < 4.78 is 52.2. The molecular weight excluding hydrogens is 573 g/mol. The molecule has 0 aliphatic carbocycles. The van der Waals surface area contributed by atoms with Crippen molar-refractivity contribution >= 4 is 27.5 Å². The first kappa shape index (κ1) is 29.0. The predicted octanol–water partition coefficient (Wildman–Crippen LogP) is 4.81. The van der Waals surface area contributed by atoms with Crippen molar-refractivity contribution < 1.29 is 28.1 Å². The molecular formula is C32H35F3N6O3. The van der Waals surface area contributed by atoms with E-state index in [1.54, 1.807) is 18.0 Å². The van der Waals surface area contributed by atoms with Gasteiger partial charge >= 0.3 is 6.01 Å². The van der Waals surface area contributed by atoms with Crippen LogP contribution in [0.1, 0.15) is 45.1 Å². The van der Waals surface area contributed by atoms with Gasteiger partial charge in [0.2, 0.25) is 0 Å². The molecule has 3 fully saturated rings. The van der Waals surface area contributed by atoms with Crippen molar-refractivity contribution in [3.63, 3.8) is 0 Å². The van der Waals surface area contributed by atoms with E-state index >= 15 is 4.39 Å². The van der Waals surface area contributed by atoms with E-state index in [0.717, 1.165) is 19.4 Å². The molecule has 7 rings (SSSR count). The molecule has 3 aliphatic heterocycles. The van der Waals surface area contributed by atoms with Gasteiger partial charge in [-0.2, -0.15) is 9.97 Å². The molecule has 44 heavy (non-hydrogen) atoms. The molecule has 3 atom stereocenters. The standard InChI is InChI=1S/C32H35F3N6O3/c1-3-21-24(34)6-5-18-11-20(42)12-22(25(18)21)27-26(35)28-23(14-36-27)29(41-16-31(2,43)8-9-37-41)39-30(38-28)44-17-32-7-4-10-40(32)15-19(33)13-32/h5-6,11-12,14,19,37,42-43H,3-4,7-10,13,15-17H2,1-2H3/t19-,31-,32+/m1/s1. The van der Waals surface area contributed by atoms with Crippen LogP contribution in [0.25, 0.3) is 32.9 Å². The molecule has 12 heteroatoms. The number of aromatic hydroxyl groups is 1. The predicted molar refractivity (Wildman–Crippen MR) is 160 cm³/mol. The van der Waals surface area contributed by atoms with Crippen molar-refractivity contribution in [1.29, 1.82) is 0 Å². The summed E-state index contributed by atoms with van der Waals surface area (Å²) in [5.74, 6) is -1.06. The van der Waals surface area contributed by atoms with E-state index in [0.29, 0.717) is 48.7 Å². The van der Waals surface area contributed by atoms with Crippen molar-refractivity contribution in [2.24, 2.45) is 0 Å². The number of nitrogens with one attached hydrogen (secondary N) is 1. The number of halogens is 3. The lowest BCUT2D eigenvalue weighted by Gasteiger charge is -2.38. The Kier molecular flexibility index (Phi) is 7.06. The number of phenolic OH excluding ortho intramolecular Hbond substituents is 1. The monoisotopic (exact) mass is 608 g/mol. The Morgan fingerprint density at radius 3 is 2.82 bits per heavy atom. The van der Waals surface area contributed by atoms with Gasteiger partial charge < -0.3 is 14.9 Å². The number of ether oxygens (including phenoxy) is 1. The number of rotatable bonds is 6. The first-order chi connectivity index (χ1) is 21.1. The number of hydrogen-bond donors (Lipinski definition) is 3. The largest absolute Gasteiger partial charge is 0.508 e. The highest BCUT2D eigenvalue weighted by molar-refractivity contribution is 6.01. The number of aryl methyl sites for hydroxylation is 1. The summed E-state index contributed by atoms with van der Waals surface area (Å²) in [6, 6.07) is 5.68. The maximum absolute atomic E-state index is 16.7. The Bertz CT molecular complexity index is 1770. The number of alkyl halides is 1. The second-order valence-electron chi connectivity index (χ2n) is 12.6. The lowest BCUT2D eigenvalue weighted by molar-refractivity contribution is 0.0412. The van der Waals surface area contributed by atoms with Crippen molar-refractivity contribution in [2.45, 2.75) is 63.3 Å². The maximum Gasteiger partial charge on any atom is 0.319 e. The van der Waals surface area contributed by atoms with Crippen molar-refractivity contribution in [2.75, 3.05) is 37.8 Å². The average Bonchev–Trinajstić information content (AvgIpc) is 3.51. The van der Waals surface area contributed by atoms with Crippen LogP contribution in [0.15, 0.2) is 30.5 Å². The van der Waals surface area contributed by atoms with Gasteiger partial charge in [0, 0.05) is 31.3 Å². The average molecular weight is 609 g/mol. The maximum atomic E-state index is 16.7. The van der Waals surface area contributed by atoms with E-state index in [4.69, 9.17) is 4.74 Å². The van der Waals surface area contributed by atoms with Crippen LogP contribution < -0.4 is 15.2 Å². The number of β-amino-alcohol motifs (C(OH)–C–C–N with tert-alkyl or cyclic N) is 1. The number of benzene rings is 2. The first-order valence-electron chi connectivity index (χ1n) is 15.1. The van der Waals surface area contributed by atoms with Gasteiger partial charge in [-0.25, -0.2) is 18.6 Å². The Balaban J connectivity index is 1.38. The third kappa shape index (κ3) is 4.89. The molecule has 0 spiro atoms. The number of anilines is 1. The fraction of sp³-hybridized carbons (Fsp3) is 0.469. The molecule has 0 amide bonds. The zero-order chi connectivity index (χ0) is 30.8. The van der Waals surface area contributed by atoms with Crippen LogP contribution in [0.5, 0.6) is 11.8 Å². The van der Waals surface area contributed by atoms with E-state index in [1.165, 1.54) is 24.4 Å². The van der Waals surface area contributed by atoms with Crippen molar-refractivity contribution in [1.82, 2.24) is 25.3 Å². The van der Waals surface area contributed by atoms with Crippen molar-refractivity contribution in [3.8, 4) is 23.0 Å². The molecule has 0 unspecified atom stereocenters. The zero-order valence-corrected chi connectivity index (χ0v) is 24.7. The van der Waals surface area contributed by atoms with E-state index in [2.05, 4.69) is 25.3 Å². The topological polar surface area (TPSA) is 107 Å². The van der Waals surface area contributed by atoms with Gasteiger partial charge in [-0.05, 0) is 73.7 Å². The highest BCUT2D eigenvalue weighted by Crippen LogP contribution is 2.42. The molecule has 2 aromatic heterocycles. The number of aromatic nitrogens is 3. The van der Waals surface area contributed by atoms with E-state index in [-0.39, 0.29) is 52.9 Å². The highest BCUT2D eigenvalue weighted by Gasteiger charge is 2.49. The minimum absolute atomic E-state index is 0.0801. The number of fused-ring (bicyclic) bond motifs is 3. The smallest absolute Gasteiger partial charge is 0.319 e. The van der Waals surface area contributed by atoms with E-state index in [1.807, 2.05) is 6.92 Å². The summed E-state index contributed by atoms with van der Waals surface area (Å²) in [7, 11) is 0. The van der Waals surface area contributed by atoms with Crippen LogP contribution >= 0.6 is 0 Å². The molecule has 5 heterocycles. The van der Waals surface area contributed by atoms with E-state index in [9.17, 15) is 19.0 Å². The number of nitrogens with zero attached hydrogens (tertiary/aromatic N) is 5. The summed E-state index contributed by atoms with van der Waals surface area (Å²) >= 11 is 0. The first-order valence-corrected chi connectivity index (χ1v) is 15.1. The normalized spacial score (nSPS) is 25.7. The lowest BCUT2D eigenvalue weighted by atomic mass is 9.94. The van der Waals surface area contributed by atoms with Crippen molar-refractivity contribution in [3.05, 3.63) is 47.7 Å². The number of hydrazine groups is 1. The van der Waals surface area contributed by atoms with Gasteiger partial charge in [-0.15, -0.1) is 0 Å². The van der Waals surface area contributed by atoms with Crippen LogP contribution in [0.3, 0.4) is 0 Å². The van der Waals surface area contributed by atoms with Gasteiger partial charge in [0.1, 0.15) is 35.6 Å². The molecule has 0 radical (unpaired) electrons. The SMILES string of the molecule is CCc1c(F)ccc2cc(O)cc(-c3ncc4c(N5C[C@](C)(O)CCN5)nc(OC[C@@]56CCCN5C[C@H](F)C6)nc4c3F)c12. The molecule has 3 N–H and O–H groups in total. The second kappa shape index (κ2) is 10.7. The number of pyridine rings is 1. The quantitative estimate of drug-likeness (QED) is 0.284. The third-order valence-corrected chi connectivity index (χ3v) is 9.36. The zero-order valence-electron chi connectivity index (χ0n) is 24.7. The molecule has 3 saturated heterocycles. The second-order valence-corrected chi connectivity index (χ2v) is 12.6. The summed E-state index contributed by atoms with van der Waals surface area (Å²) in [5.41, 5.74) is 2.15. The van der Waals surface area contributed by atoms with Gasteiger partial charge in [0.15, 0.2) is 11.6 Å². The van der Waals surface area contributed by atoms with Gasteiger partial charge in [0.25, 0.3) is 0 Å². The Hall–Kier alpha value is -3.74. The van der Waals surface area contributed by atoms with Gasteiger partial charge in [-0.3, -0.25) is 14.9 Å². The lowest BCUT2D eigenvalue weighted by Crippen LogP contribution is -2.55. The molecule has 4 aromatic rings. The van der Waals surface area contributed by atoms with Crippen LogP contribution in [-0.2, 0) is 6.42 Å². The summed E-state index contributed by atoms with van der Waals surface area (Å²) in [6.07, 6.45) is 3.44. The van der Waals surface area contributed by atoms with E-state index < -0.39 is 28.9 Å².